The van der Waals surface area contributed by atoms with Crippen LogP contribution in [0.15, 0.2) is 107 Å². The van der Waals surface area contributed by atoms with E-state index in [4.69, 9.17) is 19.9 Å². The molecule has 0 spiro atoms. The number of hydrogen-bond donors (Lipinski definition) is 10. The fourth-order valence-electron chi connectivity index (χ4n) is 8.28. The van der Waals surface area contributed by atoms with E-state index in [0.717, 1.165) is 56.8 Å². The Hall–Kier alpha value is -8.76. The van der Waals surface area contributed by atoms with Crippen LogP contribution in [0.25, 0.3) is 16.8 Å². The largest absolute Gasteiger partial charge is 0.508 e. The minimum Gasteiger partial charge on any atom is -0.480 e. The van der Waals surface area contributed by atoms with Crippen LogP contribution >= 0.6 is 33.5 Å². The summed E-state index contributed by atoms with van der Waals surface area (Å²) in [4.78, 5) is 92.5. The second kappa shape index (κ2) is 27.4. The molecule has 11 N–H and O–H groups in total. The van der Waals surface area contributed by atoms with Crippen molar-refractivity contribution in [2.75, 3.05) is 83.2 Å². The Balaban J connectivity index is 0.718. The van der Waals surface area contributed by atoms with E-state index in [9.17, 15) is 47.8 Å². The van der Waals surface area contributed by atoms with Gasteiger partial charge in [-0.05, 0) is 90.7 Å². The number of benzene rings is 3. The lowest BCUT2D eigenvalue weighted by Gasteiger charge is -2.35. The van der Waals surface area contributed by atoms with Crippen molar-refractivity contribution in [1.82, 2.24) is 30.6 Å². The maximum atomic E-state index is 14.2. The molecular formula is C53H54F2N12O11S3. The van der Waals surface area contributed by atoms with E-state index < -0.39 is 60.0 Å². The molecule has 0 saturated carbocycles. The molecule has 0 fully saturated rings. The lowest BCUT2D eigenvalue weighted by atomic mass is 9.92. The monoisotopic (exact) mass is 1170 g/mol. The van der Waals surface area contributed by atoms with Gasteiger partial charge in [-0.25, -0.2) is 28.1 Å². The second-order valence-electron chi connectivity index (χ2n) is 17.9. The summed E-state index contributed by atoms with van der Waals surface area (Å²) in [5, 5.41) is 34.1. The van der Waals surface area contributed by atoms with Gasteiger partial charge in [0.25, 0.3) is 11.5 Å². The van der Waals surface area contributed by atoms with Crippen LogP contribution in [-0.4, -0.2) is 130 Å². The number of ether oxygens (including phenoxy) is 3. The Morgan fingerprint density at radius 3 is 2.43 bits per heavy atom. The number of carboxylic acid groups (broad SMARTS) is 2. The molecular weight excluding hydrogens is 1110 g/mol. The van der Waals surface area contributed by atoms with E-state index in [-0.39, 0.29) is 65.0 Å². The van der Waals surface area contributed by atoms with E-state index >= 15 is 0 Å². The third kappa shape index (κ3) is 15.5. The lowest BCUT2D eigenvalue weighted by molar-refractivity contribution is -0.142. The summed E-state index contributed by atoms with van der Waals surface area (Å²) in [5.74, 6) is -4.64. The number of H-pyrrole nitrogens is 1. The van der Waals surface area contributed by atoms with Crippen LogP contribution in [0.3, 0.4) is 0 Å². The molecule has 8 rings (SSSR count). The molecule has 0 radical (unpaired) electrons. The topological polar surface area (TPSA) is 326 Å². The lowest BCUT2D eigenvalue weighted by Crippen LogP contribution is -2.48. The van der Waals surface area contributed by atoms with Crippen LogP contribution in [-0.2, 0) is 30.5 Å². The van der Waals surface area contributed by atoms with Crippen LogP contribution in [0.5, 0.6) is 5.88 Å². The Labute approximate surface area is 473 Å². The van der Waals surface area contributed by atoms with Gasteiger partial charge in [0.1, 0.15) is 48.3 Å². The van der Waals surface area contributed by atoms with Crippen LogP contribution in [0.2, 0.25) is 0 Å². The molecule has 2 amide bonds. The molecule has 3 aromatic heterocycles. The minimum atomic E-state index is -1.45. The van der Waals surface area contributed by atoms with Crippen molar-refractivity contribution < 1.29 is 57.2 Å². The van der Waals surface area contributed by atoms with Gasteiger partial charge in [0, 0.05) is 90.5 Å². The number of methoxy groups -OCH3 is 1. The number of nitrogens with zero attached hydrogens (tertiary/aromatic N) is 4. The van der Waals surface area contributed by atoms with Crippen molar-refractivity contribution in [2.45, 2.75) is 42.5 Å². The van der Waals surface area contributed by atoms with Crippen molar-refractivity contribution in [2.24, 2.45) is 0 Å². The van der Waals surface area contributed by atoms with Gasteiger partial charge in [-0.2, -0.15) is 4.98 Å². The minimum absolute atomic E-state index is 0.00475. The highest BCUT2D eigenvalue weighted by Crippen LogP contribution is 2.37. The maximum Gasteiger partial charge on any atom is 0.508 e. The fraction of sp³-hybridized carbons (Fsp3) is 0.264. The molecule has 2 aliphatic heterocycles. The summed E-state index contributed by atoms with van der Waals surface area (Å²) in [6.07, 6.45) is 2.06. The van der Waals surface area contributed by atoms with Crippen molar-refractivity contribution in [1.29, 1.82) is 0 Å². The third-order valence-electron chi connectivity index (χ3n) is 12.5. The number of amides is 2. The number of hydrogen-bond acceptors (Lipinski definition) is 21. The predicted octanol–water partition coefficient (Wildman–Crippen LogP) is 6.68. The van der Waals surface area contributed by atoms with Crippen LogP contribution in [0.4, 0.5) is 48.1 Å². The zero-order valence-electron chi connectivity index (χ0n) is 43.2. The third-order valence-corrected chi connectivity index (χ3v) is 15.8. The number of aliphatic carboxylic acids is 2. The number of carboxylic acids is 2. The highest BCUT2D eigenvalue weighted by Gasteiger charge is 2.28. The molecule has 0 saturated heterocycles. The summed E-state index contributed by atoms with van der Waals surface area (Å²) >= 11 is 0.962. The Kier molecular flexibility index (Phi) is 19.8. The molecule has 3 atom stereocenters. The number of halogens is 2. The molecule has 28 heteroatoms. The van der Waals surface area contributed by atoms with E-state index in [0.29, 0.717) is 53.9 Å². The first-order valence-electron chi connectivity index (χ1n) is 24.8. The summed E-state index contributed by atoms with van der Waals surface area (Å²) in [6, 6.07) is 19.7. The van der Waals surface area contributed by atoms with Crippen LogP contribution in [0.1, 0.15) is 40.0 Å². The van der Waals surface area contributed by atoms with Crippen molar-refractivity contribution in [3.05, 3.63) is 142 Å². The zero-order chi connectivity index (χ0) is 57.6. The molecule has 3 unspecified atom stereocenters. The average Bonchev–Trinajstić information content (AvgIpc) is 3.47. The number of nitrogen functional groups attached to an aromatic ring is 1. The van der Waals surface area contributed by atoms with E-state index in [1.165, 1.54) is 42.2 Å². The number of fused-ring (bicyclic) bond motifs is 2. The number of rotatable bonds is 25. The quantitative estimate of drug-likeness (QED) is 0.0124. The number of nitrogens with one attached hydrogen (secondary N) is 7. The molecule has 23 nitrogen and oxygen atoms in total. The van der Waals surface area contributed by atoms with Gasteiger partial charge in [-0.15, -0.1) is 0 Å². The standard InChI is InChI=1S/C53H54F2N12O11S3/c1-67-34(25-60-46-45(67)48(70)65-52(56)64-46)24-59-32-8-3-28(4-9-32)47(69)62-41(50(71)72)14-16-44(68)61-42(51(73)74)27-80-79-20-19-77-53(75)78-26-33-10-5-30(23-58-33)35-17-18-57-39-11-6-29(21-36(35)39)38-12-13-40(49(63-38)76-2)66-81-43-15-7-31(54)22-37(43)55/h3-13,15,17,21-23,34,41-42,57,59,66H,14,16,18-20,24-27H2,1-2H3,(H,61,68)(H,62,69)(H,71,72)(H,73,74)(H4,56,60,64,65,70). The Morgan fingerprint density at radius 1 is 0.901 bits per heavy atom. The summed E-state index contributed by atoms with van der Waals surface area (Å²) in [5.41, 5.74) is 12.4. The van der Waals surface area contributed by atoms with Gasteiger partial charge in [0.15, 0.2) is 5.82 Å². The van der Waals surface area contributed by atoms with E-state index in [1.807, 2.05) is 30.3 Å². The molecule has 3 aromatic carbocycles. The first-order chi connectivity index (χ1) is 39.0. The summed E-state index contributed by atoms with van der Waals surface area (Å²) in [6.45, 7) is 1.23. The van der Waals surface area contributed by atoms with Gasteiger partial charge in [-0.3, -0.25) is 24.4 Å². The van der Waals surface area contributed by atoms with Gasteiger partial charge in [0.2, 0.25) is 17.7 Å². The van der Waals surface area contributed by atoms with E-state index in [2.05, 4.69) is 51.2 Å². The van der Waals surface area contributed by atoms with Gasteiger partial charge in [0.05, 0.1) is 29.4 Å². The number of pyridine rings is 2. The number of carbonyl (C=O) groups is 5. The second-order valence-corrected chi connectivity index (χ2v) is 21.4. The number of likely N-dealkylation sites (N-methyl/N-ethyl adjacent to an activating group) is 1. The highest BCUT2D eigenvalue weighted by molar-refractivity contribution is 8.76. The summed E-state index contributed by atoms with van der Waals surface area (Å²) < 4.78 is 46.6. The summed E-state index contributed by atoms with van der Waals surface area (Å²) in [7, 11) is 5.55. The molecule has 0 aliphatic carbocycles. The molecule has 0 bridgehead atoms. The Morgan fingerprint density at radius 2 is 1.69 bits per heavy atom. The molecule has 6 aromatic rings. The van der Waals surface area contributed by atoms with Gasteiger partial charge >= 0.3 is 18.1 Å². The number of carbonyl (C=O) groups excluding carboxylic acids is 3. The number of aromatic nitrogens is 4. The number of anilines is 6. The molecule has 424 valence electrons. The Bertz CT molecular complexity index is 3380. The zero-order valence-corrected chi connectivity index (χ0v) is 45.7. The molecule has 2 aliphatic rings. The first-order valence-corrected chi connectivity index (χ1v) is 28.1. The highest BCUT2D eigenvalue weighted by atomic mass is 33.1. The first kappa shape index (κ1) is 58.4. The van der Waals surface area contributed by atoms with Crippen molar-refractivity contribution >= 4 is 104 Å². The normalized spacial score (nSPS) is 14.0. The predicted molar refractivity (Wildman–Crippen MR) is 305 cm³/mol. The molecule has 5 heterocycles. The van der Waals surface area contributed by atoms with E-state index in [1.54, 1.807) is 48.5 Å². The van der Waals surface area contributed by atoms with Crippen LogP contribution in [0, 0.1) is 11.6 Å². The van der Waals surface area contributed by atoms with Gasteiger partial charge < -0.3 is 66.4 Å². The number of nitrogens with two attached hydrogens (primary N) is 1. The maximum absolute atomic E-state index is 14.2. The SMILES string of the molecule is COc1nc(-c2ccc3c(c2)C(c2ccc(COC(=O)OCCSSCC(NC(=O)CCC(NC(=O)c4ccc(NCC5CNc6nc(N)[nH]c(=O)c6N5C)cc4)C(=O)O)C(=O)O)nc2)=CCN3)ccc1NSc1ccc(F)cc1F. The fourth-order valence-corrected chi connectivity index (χ4v) is 10.9. The smallest absolute Gasteiger partial charge is 0.480 e. The van der Waals surface area contributed by atoms with Gasteiger partial charge in [-0.1, -0.05) is 39.8 Å². The van der Waals surface area contributed by atoms with Crippen molar-refractivity contribution in [3.8, 4) is 17.1 Å². The molecule has 81 heavy (non-hydrogen) atoms. The van der Waals surface area contributed by atoms with Crippen molar-refractivity contribution in [3.63, 3.8) is 0 Å². The average molecular weight is 1170 g/mol. The number of aromatic amines is 1. The van der Waals surface area contributed by atoms with Crippen LogP contribution < -0.4 is 52.2 Å².